The number of esters is 1. The molecule has 0 spiro atoms. The lowest BCUT2D eigenvalue weighted by molar-refractivity contribution is -0.144. The molecule has 7 heteroatoms. The maximum absolute atomic E-state index is 11.1. The molecule has 0 aliphatic carbocycles. The van der Waals surface area contributed by atoms with Crippen molar-refractivity contribution >= 4 is 5.97 Å². The molecule has 2 atom stereocenters. The van der Waals surface area contributed by atoms with Crippen LogP contribution in [0.2, 0.25) is 0 Å². The highest BCUT2D eigenvalue weighted by atomic mass is 16.5. The smallest absolute Gasteiger partial charge is 0.308 e. The van der Waals surface area contributed by atoms with E-state index in [1.54, 1.807) is 0 Å². The van der Waals surface area contributed by atoms with Gasteiger partial charge in [0.2, 0.25) is 11.8 Å². The molecule has 2 unspecified atom stereocenters. The number of rotatable bonds is 6. The summed E-state index contributed by atoms with van der Waals surface area (Å²) in [5, 5.41) is 19.7. The lowest BCUT2D eigenvalue weighted by atomic mass is 10.0. The number of pyridine rings is 1. The van der Waals surface area contributed by atoms with E-state index in [2.05, 4.69) is 9.72 Å². The van der Waals surface area contributed by atoms with Gasteiger partial charge in [-0.25, -0.2) is 0 Å². The predicted octanol–water partition coefficient (Wildman–Crippen LogP) is 0.0562. The second-order valence-corrected chi connectivity index (χ2v) is 3.74. The number of hydrogen-bond acceptors (Lipinski definition) is 7. The Kier molecular flexibility index (Phi) is 5.53. The van der Waals surface area contributed by atoms with Gasteiger partial charge in [0.05, 0.1) is 33.9 Å². The highest BCUT2D eigenvalue weighted by molar-refractivity contribution is 5.69. The number of aromatic nitrogens is 1. The SMILES string of the molecule is COC(=O)CC(O)C(O)c1ccc(OC)nc1OC. The fraction of sp³-hybridized carbons (Fsp3) is 0.500. The number of ether oxygens (including phenoxy) is 3. The summed E-state index contributed by atoms with van der Waals surface area (Å²) in [6, 6.07) is 3.03. The van der Waals surface area contributed by atoms with E-state index in [-0.39, 0.29) is 17.9 Å². The molecule has 0 saturated carbocycles. The third-order valence-electron chi connectivity index (χ3n) is 2.55. The van der Waals surface area contributed by atoms with Gasteiger partial charge >= 0.3 is 5.97 Å². The molecule has 0 bridgehead atoms. The van der Waals surface area contributed by atoms with Crippen LogP contribution in [0, 0.1) is 0 Å². The maximum Gasteiger partial charge on any atom is 0.308 e. The monoisotopic (exact) mass is 271 g/mol. The molecule has 19 heavy (non-hydrogen) atoms. The molecule has 0 radical (unpaired) electrons. The van der Waals surface area contributed by atoms with Crippen LogP contribution in [0.4, 0.5) is 0 Å². The van der Waals surface area contributed by atoms with Gasteiger partial charge in [-0.3, -0.25) is 4.79 Å². The number of nitrogens with zero attached hydrogens (tertiary/aromatic N) is 1. The van der Waals surface area contributed by atoms with Crippen molar-refractivity contribution in [3.63, 3.8) is 0 Å². The molecule has 0 aliphatic heterocycles. The Labute approximate surface area is 110 Å². The van der Waals surface area contributed by atoms with E-state index in [1.807, 2.05) is 0 Å². The van der Waals surface area contributed by atoms with Gasteiger partial charge in [-0.1, -0.05) is 0 Å². The molecular weight excluding hydrogens is 254 g/mol. The van der Waals surface area contributed by atoms with E-state index in [1.165, 1.54) is 33.5 Å². The van der Waals surface area contributed by atoms with E-state index in [9.17, 15) is 15.0 Å². The van der Waals surface area contributed by atoms with Crippen molar-refractivity contribution in [2.75, 3.05) is 21.3 Å². The van der Waals surface area contributed by atoms with E-state index in [4.69, 9.17) is 9.47 Å². The second-order valence-electron chi connectivity index (χ2n) is 3.74. The zero-order valence-corrected chi connectivity index (χ0v) is 11.0. The van der Waals surface area contributed by atoms with Crippen molar-refractivity contribution < 1.29 is 29.2 Å². The molecule has 0 fully saturated rings. The lowest BCUT2D eigenvalue weighted by Crippen LogP contribution is -2.23. The quantitative estimate of drug-likeness (QED) is 0.706. The van der Waals surface area contributed by atoms with E-state index in [0.29, 0.717) is 5.88 Å². The van der Waals surface area contributed by atoms with Crippen LogP contribution in [0.25, 0.3) is 0 Å². The standard InChI is InChI=1S/C12H17NO6/c1-17-9-5-4-7(12(13-9)19-3)11(16)8(14)6-10(15)18-2/h4-5,8,11,14,16H,6H2,1-3H3. The van der Waals surface area contributed by atoms with Gasteiger partial charge in [-0.15, -0.1) is 0 Å². The van der Waals surface area contributed by atoms with Crippen molar-refractivity contribution in [3.8, 4) is 11.8 Å². The van der Waals surface area contributed by atoms with E-state index in [0.717, 1.165) is 0 Å². The number of methoxy groups -OCH3 is 3. The summed E-state index contributed by atoms with van der Waals surface area (Å²) in [5.41, 5.74) is 0.264. The van der Waals surface area contributed by atoms with Crippen molar-refractivity contribution in [1.29, 1.82) is 0 Å². The summed E-state index contributed by atoms with van der Waals surface area (Å²) in [6.45, 7) is 0. The summed E-state index contributed by atoms with van der Waals surface area (Å²) in [5.74, 6) is -0.182. The van der Waals surface area contributed by atoms with Gasteiger partial charge in [0.25, 0.3) is 0 Å². The number of hydrogen-bond donors (Lipinski definition) is 2. The third kappa shape index (κ3) is 3.80. The Bertz CT molecular complexity index is 436. The third-order valence-corrected chi connectivity index (χ3v) is 2.55. The number of aliphatic hydroxyl groups excluding tert-OH is 2. The molecular formula is C12H17NO6. The number of carbonyl (C=O) groups excluding carboxylic acids is 1. The van der Waals surface area contributed by atoms with Crippen LogP contribution in [0.5, 0.6) is 11.8 Å². The normalized spacial score (nSPS) is 13.5. The summed E-state index contributed by atoms with van der Waals surface area (Å²) in [4.78, 5) is 15.0. The van der Waals surface area contributed by atoms with Gasteiger partial charge in [-0.05, 0) is 6.07 Å². The molecule has 106 valence electrons. The summed E-state index contributed by atoms with van der Waals surface area (Å²) in [6.07, 6.45) is -2.95. The largest absolute Gasteiger partial charge is 0.481 e. The van der Waals surface area contributed by atoms with Crippen LogP contribution in [0.1, 0.15) is 18.1 Å². The first-order chi connectivity index (χ1) is 9.03. The highest BCUT2D eigenvalue weighted by Gasteiger charge is 2.25. The minimum atomic E-state index is -1.31. The first-order valence-electron chi connectivity index (χ1n) is 5.55. The van der Waals surface area contributed by atoms with Crippen molar-refractivity contribution in [2.45, 2.75) is 18.6 Å². The molecule has 0 saturated heterocycles. The summed E-state index contributed by atoms with van der Waals surface area (Å²) < 4.78 is 14.4. The molecule has 0 aromatic carbocycles. The van der Waals surface area contributed by atoms with E-state index < -0.39 is 18.2 Å². The first kappa shape index (κ1) is 15.2. The van der Waals surface area contributed by atoms with Crippen LogP contribution >= 0.6 is 0 Å². The van der Waals surface area contributed by atoms with E-state index >= 15 is 0 Å². The molecule has 0 amide bonds. The molecule has 1 aromatic rings. The lowest BCUT2D eigenvalue weighted by Gasteiger charge is -2.19. The molecule has 0 aliphatic rings. The Morgan fingerprint density at radius 1 is 1.26 bits per heavy atom. The first-order valence-corrected chi connectivity index (χ1v) is 5.55. The Morgan fingerprint density at radius 3 is 2.47 bits per heavy atom. The fourth-order valence-corrected chi connectivity index (χ4v) is 1.51. The second kappa shape index (κ2) is 6.91. The van der Waals surface area contributed by atoms with Crippen molar-refractivity contribution in [2.24, 2.45) is 0 Å². The average molecular weight is 271 g/mol. The summed E-state index contributed by atoms with van der Waals surface area (Å²) >= 11 is 0. The summed E-state index contributed by atoms with van der Waals surface area (Å²) in [7, 11) is 4.03. The van der Waals surface area contributed by atoms with Crippen molar-refractivity contribution in [3.05, 3.63) is 17.7 Å². The topological polar surface area (TPSA) is 98.1 Å². The minimum Gasteiger partial charge on any atom is -0.481 e. The Balaban J connectivity index is 2.91. The zero-order chi connectivity index (χ0) is 14.4. The number of aliphatic hydroxyl groups is 2. The van der Waals surface area contributed by atoms with Crippen LogP contribution in [0.15, 0.2) is 12.1 Å². The number of carbonyl (C=O) groups is 1. The van der Waals surface area contributed by atoms with Crippen LogP contribution in [-0.2, 0) is 9.53 Å². The molecule has 7 nitrogen and oxygen atoms in total. The molecule has 1 heterocycles. The molecule has 1 aromatic heterocycles. The minimum absolute atomic E-state index is 0.121. The van der Waals surface area contributed by atoms with Crippen LogP contribution in [-0.4, -0.2) is 48.6 Å². The predicted molar refractivity (Wildman–Crippen MR) is 64.9 cm³/mol. The van der Waals surface area contributed by atoms with Crippen molar-refractivity contribution in [1.82, 2.24) is 4.98 Å². The molecule has 2 N–H and O–H groups in total. The maximum atomic E-state index is 11.1. The average Bonchev–Trinajstić information content (AvgIpc) is 2.45. The van der Waals surface area contributed by atoms with Gasteiger partial charge in [0.1, 0.15) is 6.10 Å². The van der Waals surface area contributed by atoms with Gasteiger partial charge < -0.3 is 24.4 Å². The highest BCUT2D eigenvalue weighted by Crippen LogP contribution is 2.28. The van der Waals surface area contributed by atoms with Crippen LogP contribution in [0.3, 0.4) is 0 Å². The fourth-order valence-electron chi connectivity index (χ4n) is 1.51. The Hall–Kier alpha value is -1.86. The van der Waals surface area contributed by atoms with Gasteiger partial charge in [0, 0.05) is 11.6 Å². The molecule has 1 rings (SSSR count). The van der Waals surface area contributed by atoms with Gasteiger partial charge in [0.15, 0.2) is 0 Å². The zero-order valence-electron chi connectivity index (χ0n) is 11.0. The van der Waals surface area contributed by atoms with Crippen LogP contribution < -0.4 is 9.47 Å². The van der Waals surface area contributed by atoms with Gasteiger partial charge in [-0.2, -0.15) is 4.98 Å². The Morgan fingerprint density at radius 2 is 1.95 bits per heavy atom.